The van der Waals surface area contributed by atoms with E-state index >= 15 is 0 Å². The van der Waals surface area contributed by atoms with Gasteiger partial charge in [-0.2, -0.15) is 0 Å². The number of thiophene rings is 1. The lowest BCUT2D eigenvalue weighted by atomic mass is 10.1. The Balaban J connectivity index is 1.88. The number of pyridine rings is 1. The first-order valence-electron chi connectivity index (χ1n) is 7.77. The maximum absolute atomic E-state index is 4.71. The first kappa shape index (κ1) is 14.5. The van der Waals surface area contributed by atoms with Crippen LogP contribution in [0.3, 0.4) is 0 Å². The fourth-order valence-electron chi connectivity index (χ4n) is 2.74. The van der Waals surface area contributed by atoms with E-state index in [9.17, 15) is 0 Å². The quantitative estimate of drug-likeness (QED) is 0.838. The van der Waals surface area contributed by atoms with Crippen molar-refractivity contribution in [1.29, 1.82) is 0 Å². The van der Waals surface area contributed by atoms with Crippen LogP contribution in [0, 0.1) is 0 Å². The zero-order valence-corrected chi connectivity index (χ0v) is 13.6. The SMILES string of the molecule is CCNC(C)c1cccnc1N(Cc1cccs1)C1CC1. The molecule has 1 unspecified atom stereocenters. The summed E-state index contributed by atoms with van der Waals surface area (Å²) < 4.78 is 0. The van der Waals surface area contributed by atoms with Crippen molar-refractivity contribution >= 4 is 17.2 Å². The molecule has 2 aromatic rings. The number of rotatable bonds is 7. The lowest BCUT2D eigenvalue weighted by Gasteiger charge is -2.27. The van der Waals surface area contributed by atoms with Crippen molar-refractivity contribution in [3.05, 3.63) is 46.3 Å². The minimum Gasteiger partial charge on any atom is -0.348 e. The largest absolute Gasteiger partial charge is 0.348 e. The molecule has 0 amide bonds. The molecule has 0 bridgehead atoms. The lowest BCUT2D eigenvalue weighted by molar-refractivity contribution is 0.592. The topological polar surface area (TPSA) is 28.2 Å². The second kappa shape index (κ2) is 6.58. The highest BCUT2D eigenvalue weighted by Gasteiger charge is 2.32. The van der Waals surface area contributed by atoms with Gasteiger partial charge >= 0.3 is 0 Å². The summed E-state index contributed by atoms with van der Waals surface area (Å²) in [6.45, 7) is 6.33. The van der Waals surface area contributed by atoms with Gasteiger partial charge in [-0.15, -0.1) is 11.3 Å². The normalized spacial score (nSPS) is 15.9. The summed E-state index contributed by atoms with van der Waals surface area (Å²) in [5, 5.41) is 5.66. The van der Waals surface area contributed by atoms with Crippen LogP contribution in [0.15, 0.2) is 35.8 Å². The number of hydrogen-bond donors (Lipinski definition) is 1. The van der Waals surface area contributed by atoms with Crippen LogP contribution in [0.4, 0.5) is 5.82 Å². The van der Waals surface area contributed by atoms with Gasteiger partial charge in [0.2, 0.25) is 0 Å². The Hall–Kier alpha value is -1.39. The average Bonchev–Trinajstić information content (AvgIpc) is 3.22. The molecule has 0 saturated heterocycles. The molecule has 2 heterocycles. The van der Waals surface area contributed by atoms with E-state index in [2.05, 4.69) is 47.6 Å². The van der Waals surface area contributed by atoms with E-state index in [1.54, 1.807) is 0 Å². The Bertz CT molecular complexity index is 563. The molecule has 112 valence electrons. The maximum atomic E-state index is 4.71. The molecule has 3 nitrogen and oxygen atoms in total. The van der Waals surface area contributed by atoms with Gasteiger partial charge in [0.15, 0.2) is 0 Å². The van der Waals surface area contributed by atoms with Crippen LogP contribution in [0.25, 0.3) is 0 Å². The molecule has 1 fully saturated rings. The van der Waals surface area contributed by atoms with Crippen LogP contribution in [0.2, 0.25) is 0 Å². The molecule has 1 aliphatic carbocycles. The fourth-order valence-corrected chi connectivity index (χ4v) is 3.44. The van der Waals surface area contributed by atoms with Crippen molar-refractivity contribution in [3.63, 3.8) is 0 Å². The third-order valence-electron chi connectivity index (χ3n) is 3.96. The van der Waals surface area contributed by atoms with Crippen molar-refractivity contribution in [2.75, 3.05) is 11.4 Å². The number of nitrogens with one attached hydrogen (secondary N) is 1. The van der Waals surface area contributed by atoms with E-state index < -0.39 is 0 Å². The second-order valence-corrected chi connectivity index (χ2v) is 6.67. The molecule has 1 aliphatic rings. The summed E-state index contributed by atoms with van der Waals surface area (Å²) in [5.74, 6) is 1.15. The van der Waals surface area contributed by atoms with Crippen molar-refractivity contribution in [3.8, 4) is 0 Å². The number of hydrogen-bond acceptors (Lipinski definition) is 4. The minimum absolute atomic E-state index is 0.336. The van der Waals surface area contributed by atoms with E-state index in [-0.39, 0.29) is 0 Å². The van der Waals surface area contributed by atoms with Gasteiger partial charge in [0.05, 0.1) is 6.54 Å². The zero-order valence-electron chi connectivity index (χ0n) is 12.7. The fraction of sp³-hybridized carbons (Fsp3) is 0.471. The molecule has 3 rings (SSSR count). The highest BCUT2D eigenvalue weighted by molar-refractivity contribution is 7.09. The Morgan fingerprint density at radius 3 is 2.90 bits per heavy atom. The third kappa shape index (κ3) is 3.44. The van der Waals surface area contributed by atoms with Gasteiger partial charge in [0.1, 0.15) is 5.82 Å². The highest BCUT2D eigenvalue weighted by atomic mass is 32.1. The molecule has 1 N–H and O–H groups in total. The molecule has 0 spiro atoms. The van der Waals surface area contributed by atoms with Gasteiger partial charge < -0.3 is 10.2 Å². The molecule has 21 heavy (non-hydrogen) atoms. The molecule has 0 radical (unpaired) electrons. The molecule has 2 aromatic heterocycles. The van der Waals surface area contributed by atoms with Crippen molar-refractivity contribution in [1.82, 2.24) is 10.3 Å². The molecule has 0 aliphatic heterocycles. The van der Waals surface area contributed by atoms with Gasteiger partial charge in [-0.1, -0.05) is 19.1 Å². The summed E-state index contributed by atoms with van der Waals surface area (Å²) in [6, 6.07) is 9.60. The van der Waals surface area contributed by atoms with Crippen molar-refractivity contribution in [2.45, 2.75) is 45.3 Å². The van der Waals surface area contributed by atoms with Crippen LogP contribution in [-0.4, -0.2) is 17.6 Å². The number of anilines is 1. The average molecular weight is 301 g/mol. The van der Waals surface area contributed by atoms with Crippen molar-refractivity contribution < 1.29 is 0 Å². The standard InChI is InChI=1S/C17H23N3S/c1-3-18-13(2)16-7-4-10-19-17(16)20(14-8-9-14)12-15-6-5-11-21-15/h4-7,10-11,13-14,18H,3,8-9,12H2,1-2H3. The summed E-state index contributed by atoms with van der Waals surface area (Å²) in [5.41, 5.74) is 1.31. The van der Waals surface area contributed by atoms with Gasteiger partial charge in [-0.05, 0) is 43.8 Å². The van der Waals surface area contributed by atoms with Crippen LogP contribution >= 0.6 is 11.3 Å². The minimum atomic E-state index is 0.336. The summed E-state index contributed by atoms with van der Waals surface area (Å²) in [4.78, 5) is 8.62. The Labute approximate surface area is 131 Å². The van der Waals surface area contributed by atoms with Gasteiger partial charge in [-0.25, -0.2) is 4.98 Å². The van der Waals surface area contributed by atoms with E-state index in [0.29, 0.717) is 12.1 Å². The smallest absolute Gasteiger partial charge is 0.133 e. The number of aromatic nitrogens is 1. The summed E-state index contributed by atoms with van der Waals surface area (Å²) in [7, 11) is 0. The second-order valence-electron chi connectivity index (χ2n) is 5.63. The predicted octanol–water partition coefficient (Wildman–Crippen LogP) is 3.98. The first-order chi connectivity index (χ1) is 10.3. The van der Waals surface area contributed by atoms with Crippen LogP contribution < -0.4 is 10.2 Å². The Kier molecular flexibility index (Phi) is 4.56. The molecular weight excluding hydrogens is 278 g/mol. The maximum Gasteiger partial charge on any atom is 0.133 e. The van der Waals surface area contributed by atoms with E-state index in [0.717, 1.165) is 18.9 Å². The third-order valence-corrected chi connectivity index (χ3v) is 4.82. The van der Waals surface area contributed by atoms with Gasteiger partial charge in [0, 0.05) is 28.7 Å². The van der Waals surface area contributed by atoms with Crippen LogP contribution in [0.1, 0.15) is 43.2 Å². The molecule has 0 aromatic carbocycles. The molecule has 1 atom stereocenters. The molecule has 1 saturated carbocycles. The predicted molar refractivity (Wildman–Crippen MR) is 89.9 cm³/mol. The molecule has 4 heteroatoms. The summed E-state index contributed by atoms with van der Waals surface area (Å²) >= 11 is 1.83. The highest BCUT2D eigenvalue weighted by Crippen LogP contribution is 2.35. The molecular formula is C17H23N3S. The summed E-state index contributed by atoms with van der Waals surface area (Å²) in [6.07, 6.45) is 4.50. The van der Waals surface area contributed by atoms with Crippen molar-refractivity contribution in [2.24, 2.45) is 0 Å². The van der Waals surface area contributed by atoms with E-state index in [1.165, 1.54) is 23.3 Å². The van der Waals surface area contributed by atoms with Gasteiger partial charge in [0.25, 0.3) is 0 Å². The zero-order chi connectivity index (χ0) is 14.7. The van der Waals surface area contributed by atoms with Gasteiger partial charge in [-0.3, -0.25) is 0 Å². The van der Waals surface area contributed by atoms with E-state index in [4.69, 9.17) is 4.98 Å². The van der Waals surface area contributed by atoms with E-state index in [1.807, 2.05) is 23.6 Å². The van der Waals surface area contributed by atoms with Crippen LogP contribution in [0.5, 0.6) is 0 Å². The Morgan fingerprint density at radius 1 is 1.38 bits per heavy atom. The Morgan fingerprint density at radius 2 is 2.24 bits per heavy atom. The first-order valence-corrected chi connectivity index (χ1v) is 8.65. The number of nitrogens with zero attached hydrogens (tertiary/aromatic N) is 2. The van der Waals surface area contributed by atoms with Crippen LogP contribution in [-0.2, 0) is 6.54 Å². The monoisotopic (exact) mass is 301 g/mol. The lowest BCUT2D eigenvalue weighted by Crippen LogP contribution is -2.29.